The van der Waals surface area contributed by atoms with Gasteiger partial charge in [0.2, 0.25) is 0 Å². The van der Waals surface area contributed by atoms with Gasteiger partial charge in [0, 0.05) is 23.6 Å². The zero-order valence-electron chi connectivity index (χ0n) is 16.9. The highest BCUT2D eigenvalue weighted by molar-refractivity contribution is 9.10. The Balaban J connectivity index is 1.26. The molecule has 6 N–H and O–H groups in total. The number of nitrogen functional groups attached to an aromatic ring is 2. The first-order chi connectivity index (χ1) is 15.4. The molecule has 2 aliphatic rings. The van der Waals surface area contributed by atoms with Gasteiger partial charge in [0.25, 0.3) is 0 Å². The molecular weight excluding hydrogens is 476 g/mol. The number of rotatable bonds is 4. The van der Waals surface area contributed by atoms with E-state index in [1.807, 2.05) is 41.1 Å². The molecule has 3 aromatic heterocycles. The Hall–Kier alpha value is -2.95. The monoisotopic (exact) mass is 496 g/mol. The fraction of sp³-hybridized carbons (Fsp3) is 0.318. The first-order valence-corrected chi connectivity index (χ1v) is 11.1. The predicted molar refractivity (Wildman–Crippen MR) is 123 cm³/mol. The maximum Gasteiger partial charge on any atom is 0.146 e. The fourth-order valence-corrected chi connectivity index (χ4v) is 5.62. The molecule has 0 bridgehead atoms. The molecule has 6 rings (SSSR count). The quantitative estimate of drug-likeness (QED) is 0.335. The topological polar surface area (TPSA) is 145 Å². The average molecular weight is 497 g/mol. The number of aliphatic hydroxyl groups is 2. The molecule has 5 unspecified atom stereocenters. The van der Waals surface area contributed by atoms with Crippen molar-refractivity contribution >= 4 is 49.5 Å². The van der Waals surface area contributed by atoms with E-state index in [0.717, 1.165) is 27.2 Å². The third kappa shape index (κ3) is 2.66. The Morgan fingerprint density at radius 3 is 2.84 bits per heavy atom. The predicted octanol–water partition coefficient (Wildman–Crippen LogP) is 2.05. The minimum atomic E-state index is -0.927. The lowest BCUT2D eigenvalue weighted by molar-refractivity contribution is -0.0250. The van der Waals surface area contributed by atoms with Gasteiger partial charge in [-0.2, -0.15) is 0 Å². The molecule has 10 heteroatoms. The van der Waals surface area contributed by atoms with Gasteiger partial charge in [0.1, 0.15) is 35.5 Å². The van der Waals surface area contributed by atoms with E-state index in [0.29, 0.717) is 23.0 Å². The Morgan fingerprint density at radius 2 is 2.00 bits per heavy atom. The van der Waals surface area contributed by atoms with Crippen LogP contribution in [0, 0.1) is 11.8 Å². The van der Waals surface area contributed by atoms with Crippen LogP contribution in [-0.2, 0) is 5.54 Å². The van der Waals surface area contributed by atoms with Crippen molar-refractivity contribution in [3.05, 3.63) is 47.3 Å². The van der Waals surface area contributed by atoms with E-state index in [-0.39, 0.29) is 18.4 Å². The van der Waals surface area contributed by atoms with Crippen LogP contribution in [0.5, 0.6) is 5.75 Å². The van der Waals surface area contributed by atoms with Crippen molar-refractivity contribution in [3.63, 3.8) is 0 Å². The third-order valence-corrected chi connectivity index (χ3v) is 7.63. The molecule has 164 valence electrons. The number of hydrogen-bond acceptors (Lipinski definition) is 8. The summed E-state index contributed by atoms with van der Waals surface area (Å²) in [4.78, 5) is 12.8. The van der Waals surface area contributed by atoms with Crippen molar-refractivity contribution in [1.82, 2.24) is 19.5 Å². The van der Waals surface area contributed by atoms with Crippen molar-refractivity contribution in [1.29, 1.82) is 0 Å². The highest BCUT2D eigenvalue weighted by Crippen LogP contribution is 2.64. The van der Waals surface area contributed by atoms with Crippen molar-refractivity contribution < 1.29 is 14.9 Å². The maximum absolute atomic E-state index is 11.0. The summed E-state index contributed by atoms with van der Waals surface area (Å²) < 4.78 is 8.72. The van der Waals surface area contributed by atoms with E-state index in [1.165, 1.54) is 6.33 Å². The smallest absolute Gasteiger partial charge is 0.146 e. The van der Waals surface area contributed by atoms with Crippen LogP contribution in [0.4, 0.5) is 11.6 Å². The Kier molecular flexibility index (Phi) is 4.17. The summed E-state index contributed by atoms with van der Waals surface area (Å²) in [6.45, 7) is 0.276. The summed E-state index contributed by atoms with van der Waals surface area (Å²) in [6.07, 6.45) is 2.18. The molecule has 0 amide bonds. The highest BCUT2D eigenvalue weighted by Gasteiger charge is 2.72. The van der Waals surface area contributed by atoms with E-state index in [4.69, 9.17) is 16.2 Å². The SMILES string of the molecule is Nc1nc2cc(OCC3C(O)C(O)C4(n5ccc6c(N)ncnc65)CC34)ccc2cc1Br. The van der Waals surface area contributed by atoms with Gasteiger partial charge in [-0.25, -0.2) is 15.0 Å². The summed E-state index contributed by atoms with van der Waals surface area (Å²) in [6, 6.07) is 9.37. The number of fused-ring (bicyclic) bond motifs is 3. The van der Waals surface area contributed by atoms with Crippen LogP contribution in [0.2, 0.25) is 0 Å². The number of halogens is 1. The molecule has 2 fully saturated rings. The van der Waals surface area contributed by atoms with E-state index < -0.39 is 17.7 Å². The fourth-order valence-electron chi connectivity index (χ4n) is 5.28. The minimum absolute atomic E-state index is 0.0597. The minimum Gasteiger partial charge on any atom is -0.493 e. The lowest BCUT2D eigenvalue weighted by Gasteiger charge is -2.25. The molecule has 2 aliphatic carbocycles. The van der Waals surface area contributed by atoms with Gasteiger partial charge in [-0.1, -0.05) is 0 Å². The summed E-state index contributed by atoms with van der Waals surface area (Å²) in [7, 11) is 0. The molecule has 5 atom stereocenters. The zero-order valence-corrected chi connectivity index (χ0v) is 18.5. The van der Waals surface area contributed by atoms with Gasteiger partial charge in [-0.05, 0) is 52.5 Å². The van der Waals surface area contributed by atoms with E-state index in [2.05, 4.69) is 30.9 Å². The molecule has 1 aromatic carbocycles. The second kappa shape index (κ2) is 6.77. The number of aromatic nitrogens is 4. The van der Waals surface area contributed by atoms with Crippen molar-refractivity contribution in [2.75, 3.05) is 18.1 Å². The van der Waals surface area contributed by atoms with Gasteiger partial charge in [0.05, 0.1) is 33.6 Å². The summed E-state index contributed by atoms with van der Waals surface area (Å²) in [5, 5.41) is 23.5. The normalized spacial score (nSPS) is 28.8. The average Bonchev–Trinajstić information content (AvgIpc) is 3.28. The van der Waals surface area contributed by atoms with E-state index in [1.54, 1.807) is 0 Å². The van der Waals surface area contributed by atoms with Gasteiger partial charge in [-0.3, -0.25) is 0 Å². The summed E-state index contributed by atoms with van der Waals surface area (Å²) in [5.74, 6) is 1.28. The molecule has 0 saturated heterocycles. The Morgan fingerprint density at radius 1 is 1.16 bits per heavy atom. The maximum atomic E-state index is 11.0. The van der Waals surface area contributed by atoms with Gasteiger partial charge in [-0.15, -0.1) is 0 Å². The first kappa shape index (κ1) is 19.7. The molecule has 4 aromatic rings. The van der Waals surface area contributed by atoms with Gasteiger partial charge in [0.15, 0.2) is 0 Å². The molecule has 2 saturated carbocycles. The number of ether oxygens (including phenoxy) is 1. The van der Waals surface area contributed by atoms with Crippen molar-refractivity contribution in [2.24, 2.45) is 11.8 Å². The van der Waals surface area contributed by atoms with Crippen molar-refractivity contribution in [3.8, 4) is 5.75 Å². The highest BCUT2D eigenvalue weighted by atomic mass is 79.9. The molecule has 9 nitrogen and oxygen atoms in total. The van der Waals surface area contributed by atoms with Crippen LogP contribution < -0.4 is 16.2 Å². The number of nitrogens with zero attached hydrogens (tertiary/aromatic N) is 4. The molecule has 0 radical (unpaired) electrons. The molecule has 32 heavy (non-hydrogen) atoms. The van der Waals surface area contributed by atoms with Crippen LogP contribution in [0.15, 0.2) is 47.3 Å². The first-order valence-electron chi connectivity index (χ1n) is 10.3. The Bertz CT molecular complexity index is 1380. The van der Waals surface area contributed by atoms with E-state index >= 15 is 0 Å². The van der Waals surface area contributed by atoms with E-state index in [9.17, 15) is 10.2 Å². The largest absolute Gasteiger partial charge is 0.493 e. The standard InChI is InChI=1S/C22H21BrN6O3/c23-15-5-10-1-2-11(6-16(10)28-20(15)25)32-8-13-14-7-22(14,18(31)17(13)30)29-4-3-12-19(24)26-9-27-21(12)29/h1-6,9,13-14,17-18,30-31H,7-8H2,(H2,25,28)(H2,24,26,27). The summed E-state index contributed by atoms with van der Waals surface area (Å²) >= 11 is 3.39. The third-order valence-electron chi connectivity index (χ3n) is 6.99. The number of pyridine rings is 1. The van der Waals surface area contributed by atoms with Crippen LogP contribution in [0.1, 0.15) is 6.42 Å². The van der Waals surface area contributed by atoms with Crippen LogP contribution in [-0.4, -0.2) is 48.5 Å². The second-order valence-electron chi connectivity index (χ2n) is 8.60. The molecular formula is C22H21BrN6O3. The lowest BCUT2D eigenvalue weighted by Crippen LogP contribution is -2.39. The van der Waals surface area contributed by atoms with Gasteiger partial charge >= 0.3 is 0 Å². The number of aliphatic hydroxyl groups excluding tert-OH is 2. The molecule has 3 heterocycles. The summed E-state index contributed by atoms with van der Waals surface area (Å²) in [5.41, 5.74) is 12.7. The molecule has 0 spiro atoms. The lowest BCUT2D eigenvalue weighted by atomic mass is 10.0. The van der Waals surface area contributed by atoms with Gasteiger partial charge < -0.3 is 31.0 Å². The zero-order chi connectivity index (χ0) is 22.2. The molecule has 0 aliphatic heterocycles. The number of hydrogen-bond donors (Lipinski definition) is 4. The number of nitrogens with two attached hydrogens (primary N) is 2. The van der Waals surface area contributed by atoms with Crippen molar-refractivity contribution in [2.45, 2.75) is 24.2 Å². The number of benzene rings is 1. The van der Waals surface area contributed by atoms with Crippen LogP contribution >= 0.6 is 15.9 Å². The van der Waals surface area contributed by atoms with Crippen LogP contribution in [0.25, 0.3) is 21.9 Å². The number of anilines is 2. The van der Waals surface area contributed by atoms with Crippen LogP contribution in [0.3, 0.4) is 0 Å². The second-order valence-corrected chi connectivity index (χ2v) is 9.46. The Labute approximate surface area is 191 Å².